The highest BCUT2D eigenvalue weighted by molar-refractivity contribution is 5.18. The van der Waals surface area contributed by atoms with Gasteiger partial charge in [0.1, 0.15) is 0 Å². The highest BCUT2D eigenvalue weighted by atomic mass is 14.7. The van der Waals surface area contributed by atoms with Crippen LogP contribution in [0.5, 0.6) is 0 Å². The first kappa shape index (κ1) is 13.4. The molecule has 0 unspecified atom stereocenters. The van der Waals surface area contributed by atoms with Crippen LogP contribution in [0.15, 0.2) is 60.7 Å². The van der Waals surface area contributed by atoms with Crippen LogP contribution in [0.3, 0.4) is 0 Å². The smallest absolute Gasteiger partial charge is 0.0419 e. The molecule has 0 fully saturated rings. The van der Waals surface area contributed by atoms with Crippen LogP contribution in [0.25, 0.3) is 0 Å². The highest BCUT2D eigenvalue weighted by Gasteiger charge is 1.99. The summed E-state index contributed by atoms with van der Waals surface area (Å²) in [4.78, 5) is 0. The Hall–Kier alpha value is -1.64. The molecule has 0 bridgehead atoms. The third kappa shape index (κ3) is 5.29. The molecule has 0 saturated carbocycles. The number of aryl methyl sites for hydroxylation is 1. The molecule has 0 aliphatic carbocycles. The van der Waals surface area contributed by atoms with E-state index in [1.165, 1.54) is 5.56 Å². The average Bonchev–Trinajstić information content (AvgIpc) is 2.40. The molecule has 4 N–H and O–H groups in total. The van der Waals surface area contributed by atoms with Crippen molar-refractivity contribution in [3.8, 4) is 0 Å². The largest absolute Gasteiger partial charge is 0.329 e. The number of nitrogens with two attached hydrogens (primary N) is 2. The van der Waals surface area contributed by atoms with E-state index in [0.29, 0.717) is 6.54 Å². The summed E-state index contributed by atoms with van der Waals surface area (Å²) in [6.45, 7) is 2.59. The Morgan fingerprint density at radius 3 is 1.71 bits per heavy atom. The Morgan fingerprint density at radius 1 is 0.882 bits per heavy atom. The fourth-order valence-corrected chi connectivity index (χ4v) is 1.37. The molecule has 0 spiro atoms. The van der Waals surface area contributed by atoms with Gasteiger partial charge in [0.15, 0.2) is 0 Å². The van der Waals surface area contributed by atoms with Gasteiger partial charge in [-0.25, -0.2) is 0 Å². The summed E-state index contributed by atoms with van der Waals surface area (Å²) >= 11 is 0. The average molecular weight is 228 g/mol. The standard InChI is InChI=1S/C8H12N2.C7H8/c9-6-8(10)7-4-2-1-3-5-7;1-7-5-3-2-4-6-7/h1-5,8H,6,9-10H2;2-6H,1H3/t8-;/m1./s1. The quantitative estimate of drug-likeness (QED) is 0.830. The molecule has 0 radical (unpaired) electrons. The summed E-state index contributed by atoms with van der Waals surface area (Å²) in [5.74, 6) is 0. The molecule has 2 nitrogen and oxygen atoms in total. The molecule has 0 aromatic heterocycles. The van der Waals surface area contributed by atoms with E-state index in [2.05, 4.69) is 19.1 Å². The van der Waals surface area contributed by atoms with Crippen molar-refractivity contribution in [1.82, 2.24) is 0 Å². The lowest BCUT2D eigenvalue weighted by atomic mass is 10.1. The molecular formula is C15H20N2. The van der Waals surface area contributed by atoms with Crippen LogP contribution in [-0.4, -0.2) is 6.54 Å². The molecule has 2 heteroatoms. The van der Waals surface area contributed by atoms with E-state index >= 15 is 0 Å². The van der Waals surface area contributed by atoms with Crippen LogP contribution >= 0.6 is 0 Å². The zero-order chi connectivity index (χ0) is 12.5. The van der Waals surface area contributed by atoms with E-state index in [4.69, 9.17) is 11.5 Å². The van der Waals surface area contributed by atoms with Crippen LogP contribution < -0.4 is 11.5 Å². The van der Waals surface area contributed by atoms with Gasteiger partial charge in [-0.2, -0.15) is 0 Å². The minimum atomic E-state index is -0.0128. The van der Waals surface area contributed by atoms with Crippen molar-refractivity contribution in [2.45, 2.75) is 13.0 Å². The highest BCUT2D eigenvalue weighted by Crippen LogP contribution is 2.06. The Morgan fingerprint density at radius 2 is 1.35 bits per heavy atom. The molecular weight excluding hydrogens is 208 g/mol. The van der Waals surface area contributed by atoms with Gasteiger partial charge >= 0.3 is 0 Å². The van der Waals surface area contributed by atoms with Crippen LogP contribution in [0, 0.1) is 6.92 Å². The molecule has 2 rings (SSSR count). The fourth-order valence-electron chi connectivity index (χ4n) is 1.37. The fraction of sp³-hybridized carbons (Fsp3) is 0.200. The summed E-state index contributed by atoms with van der Waals surface area (Å²) in [5, 5.41) is 0. The van der Waals surface area contributed by atoms with Gasteiger partial charge in [-0.15, -0.1) is 0 Å². The Bertz CT molecular complexity index is 398. The van der Waals surface area contributed by atoms with Gasteiger partial charge in [0.05, 0.1) is 0 Å². The number of hydrogen-bond donors (Lipinski definition) is 2. The summed E-state index contributed by atoms with van der Waals surface area (Å²) in [5.41, 5.74) is 13.5. The number of hydrogen-bond acceptors (Lipinski definition) is 2. The van der Waals surface area contributed by atoms with Gasteiger partial charge in [0, 0.05) is 12.6 Å². The van der Waals surface area contributed by atoms with Gasteiger partial charge in [-0.05, 0) is 12.5 Å². The van der Waals surface area contributed by atoms with Gasteiger partial charge in [0.25, 0.3) is 0 Å². The van der Waals surface area contributed by atoms with Gasteiger partial charge in [0.2, 0.25) is 0 Å². The minimum absolute atomic E-state index is 0.0128. The van der Waals surface area contributed by atoms with Crippen molar-refractivity contribution < 1.29 is 0 Å². The maximum absolute atomic E-state index is 5.67. The summed E-state index contributed by atoms with van der Waals surface area (Å²) in [7, 11) is 0. The van der Waals surface area contributed by atoms with Crippen molar-refractivity contribution in [2.75, 3.05) is 6.54 Å². The first-order valence-corrected chi connectivity index (χ1v) is 5.76. The Labute approximate surface area is 103 Å². The predicted molar refractivity (Wildman–Crippen MR) is 73.6 cm³/mol. The lowest BCUT2D eigenvalue weighted by molar-refractivity contribution is 0.737. The normalized spacial score (nSPS) is 11.2. The molecule has 1 atom stereocenters. The van der Waals surface area contributed by atoms with Crippen molar-refractivity contribution in [1.29, 1.82) is 0 Å². The third-order valence-corrected chi connectivity index (χ3v) is 2.42. The summed E-state index contributed by atoms with van der Waals surface area (Å²) < 4.78 is 0. The zero-order valence-corrected chi connectivity index (χ0v) is 10.2. The zero-order valence-electron chi connectivity index (χ0n) is 10.2. The van der Waals surface area contributed by atoms with E-state index in [1.807, 2.05) is 48.5 Å². The second-order valence-corrected chi connectivity index (χ2v) is 3.91. The molecule has 0 heterocycles. The van der Waals surface area contributed by atoms with Gasteiger partial charge in [-0.3, -0.25) is 0 Å². The van der Waals surface area contributed by atoms with Crippen LogP contribution in [-0.2, 0) is 0 Å². The second kappa shape index (κ2) is 7.60. The Balaban J connectivity index is 0.000000181. The van der Waals surface area contributed by atoms with Crippen LogP contribution in [0.4, 0.5) is 0 Å². The van der Waals surface area contributed by atoms with Gasteiger partial charge in [-0.1, -0.05) is 66.2 Å². The molecule has 0 aliphatic heterocycles. The monoisotopic (exact) mass is 228 g/mol. The third-order valence-electron chi connectivity index (χ3n) is 2.42. The summed E-state index contributed by atoms with van der Waals surface area (Å²) in [6, 6.07) is 20.1. The van der Waals surface area contributed by atoms with Crippen LogP contribution in [0.2, 0.25) is 0 Å². The van der Waals surface area contributed by atoms with Gasteiger partial charge < -0.3 is 11.5 Å². The molecule has 0 aliphatic rings. The topological polar surface area (TPSA) is 52.0 Å². The van der Waals surface area contributed by atoms with E-state index in [1.54, 1.807) is 0 Å². The molecule has 2 aromatic rings. The molecule has 90 valence electrons. The van der Waals surface area contributed by atoms with E-state index in [0.717, 1.165) is 5.56 Å². The van der Waals surface area contributed by atoms with Crippen molar-refractivity contribution in [3.63, 3.8) is 0 Å². The first-order chi connectivity index (χ1) is 8.24. The van der Waals surface area contributed by atoms with Crippen molar-refractivity contribution in [3.05, 3.63) is 71.8 Å². The van der Waals surface area contributed by atoms with E-state index in [-0.39, 0.29) is 6.04 Å². The van der Waals surface area contributed by atoms with E-state index < -0.39 is 0 Å². The van der Waals surface area contributed by atoms with Crippen molar-refractivity contribution in [2.24, 2.45) is 11.5 Å². The first-order valence-electron chi connectivity index (χ1n) is 5.76. The molecule has 17 heavy (non-hydrogen) atoms. The maximum Gasteiger partial charge on any atom is 0.0419 e. The predicted octanol–water partition coefficient (Wildman–Crippen LogP) is 2.64. The Kier molecular flexibility index (Phi) is 6.00. The lowest BCUT2D eigenvalue weighted by Gasteiger charge is -2.06. The molecule has 0 amide bonds. The minimum Gasteiger partial charge on any atom is -0.329 e. The summed E-state index contributed by atoms with van der Waals surface area (Å²) in [6.07, 6.45) is 0. The van der Waals surface area contributed by atoms with E-state index in [9.17, 15) is 0 Å². The number of benzene rings is 2. The van der Waals surface area contributed by atoms with Crippen LogP contribution in [0.1, 0.15) is 17.2 Å². The molecule has 2 aromatic carbocycles. The number of rotatable bonds is 2. The SMILES string of the molecule is Cc1ccccc1.NC[C@@H](N)c1ccccc1. The second-order valence-electron chi connectivity index (χ2n) is 3.91. The van der Waals surface area contributed by atoms with Crippen molar-refractivity contribution >= 4 is 0 Å². The maximum atomic E-state index is 5.67. The lowest BCUT2D eigenvalue weighted by Crippen LogP contribution is -2.20. The molecule has 0 saturated heterocycles.